The molecule has 1 aromatic rings. The fourth-order valence-corrected chi connectivity index (χ4v) is 5.20. The van der Waals surface area contributed by atoms with E-state index in [0.717, 1.165) is 44.3 Å². The number of hydrogen-bond acceptors (Lipinski definition) is 3. The number of hydrogen-bond donors (Lipinski definition) is 1. The zero-order valence-corrected chi connectivity index (χ0v) is 13.5. The number of nitrogens with zero attached hydrogens (tertiary/aromatic N) is 1. The second-order valence-electron chi connectivity index (χ2n) is 6.54. The molecule has 0 aromatic heterocycles. The van der Waals surface area contributed by atoms with Gasteiger partial charge in [0.15, 0.2) is 0 Å². The van der Waals surface area contributed by atoms with Crippen molar-refractivity contribution in [1.29, 1.82) is 0 Å². The summed E-state index contributed by atoms with van der Waals surface area (Å²) in [6.07, 6.45) is 4.39. The summed E-state index contributed by atoms with van der Waals surface area (Å²) in [5.74, 6) is 0. The van der Waals surface area contributed by atoms with Crippen LogP contribution in [0, 0.1) is 12.3 Å². The van der Waals surface area contributed by atoms with Gasteiger partial charge in [-0.15, -0.1) is 0 Å². The molecule has 2 saturated heterocycles. The number of aryl methyl sites for hydroxylation is 1. The van der Waals surface area contributed by atoms with Crippen LogP contribution in [0.25, 0.3) is 0 Å². The van der Waals surface area contributed by atoms with Crippen molar-refractivity contribution in [2.45, 2.75) is 37.5 Å². The molecule has 5 heteroatoms. The smallest absolute Gasteiger partial charge is 0.243 e. The number of rotatable bonds is 2. The molecule has 2 aliphatic rings. The van der Waals surface area contributed by atoms with Gasteiger partial charge in [0, 0.05) is 19.6 Å². The van der Waals surface area contributed by atoms with Gasteiger partial charge in [0.25, 0.3) is 0 Å². The molecule has 1 N–H and O–H groups in total. The van der Waals surface area contributed by atoms with Gasteiger partial charge in [-0.25, -0.2) is 8.42 Å². The number of nitrogens with one attached hydrogen (secondary N) is 1. The van der Waals surface area contributed by atoms with E-state index in [0.29, 0.717) is 18.0 Å². The van der Waals surface area contributed by atoms with Crippen LogP contribution in [0.15, 0.2) is 29.2 Å². The first-order valence-electron chi connectivity index (χ1n) is 7.80. The second-order valence-corrected chi connectivity index (χ2v) is 8.47. The Morgan fingerprint density at radius 3 is 2.52 bits per heavy atom. The molecule has 1 atom stereocenters. The topological polar surface area (TPSA) is 49.4 Å². The number of sulfonamides is 1. The highest BCUT2D eigenvalue weighted by Crippen LogP contribution is 2.37. The molecular formula is C16H24N2O2S. The number of piperidine rings is 2. The Labute approximate surface area is 127 Å². The quantitative estimate of drug-likeness (QED) is 0.911. The molecule has 0 aliphatic carbocycles. The predicted molar refractivity (Wildman–Crippen MR) is 83.7 cm³/mol. The van der Waals surface area contributed by atoms with Crippen molar-refractivity contribution in [3.05, 3.63) is 29.8 Å². The van der Waals surface area contributed by atoms with Crippen LogP contribution in [0.3, 0.4) is 0 Å². The van der Waals surface area contributed by atoms with Gasteiger partial charge < -0.3 is 5.32 Å². The van der Waals surface area contributed by atoms with Gasteiger partial charge in [0.05, 0.1) is 4.90 Å². The first-order chi connectivity index (χ1) is 10.0. The molecular weight excluding hydrogens is 284 g/mol. The zero-order valence-electron chi connectivity index (χ0n) is 12.6. The van der Waals surface area contributed by atoms with E-state index in [1.807, 2.05) is 19.1 Å². The van der Waals surface area contributed by atoms with Crippen LogP contribution >= 0.6 is 0 Å². The van der Waals surface area contributed by atoms with Crippen LogP contribution in [0.2, 0.25) is 0 Å². The van der Waals surface area contributed by atoms with E-state index in [-0.39, 0.29) is 5.41 Å². The average Bonchev–Trinajstić information content (AvgIpc) is 2.48. The van der Waals surface area contributed by atoms with Gasteiger partial charge >= 0.3 is 0 Å². The maximum Gasteiger partial charge on any atom is 0.243 e. The van der Waals surface area contributed by atoms with Gasteiger partial charge in [0.1, 0.15) is 0 Å². The van der Waals surface area contributed by atoms with Crippen molar-refractivity contribution in [1.82, 2.24) is 9.62 Å². The number of benzene rings is 1. The minimum Gasteiger partial charge on any atom is -0.316 e. The van der Waals surface area contributed by atoms with Crippen LogP contribution < -0.4 is 5.32 Å². The Morgan fingerprint density at radius 1 is 1.14 bits per heavy atom. The summed E-state index contributed by atoms with van der Waals surface area (Å²) in [5.41, 5.74) is 1.23. The third-order valence-electron chi connectivity index (χ3n) is 4.85. The molecule has 2 fully saturated rings. The summed E-state index contributed by atoms with van der Waals surface area (Å²) in [6, 6.07) is 7.19. The van der Waals surface area contributed by atoms with Crippen LogP contribution in [0.1, 0.15) is 31.2 Å². The maximum atomic E-state index is 12.8. The van der Waals surface area contributed by atoms with E-state index in [9.17, 15) is 8.42 Å². The fourth-order valence-electron chi connectivity index (χ4n) is 3.61. The highest BCUT2D eigenvalue weighted by atomic mass is 32.2. The molecule has 0 saturated carbocycles. The highest BCUT2D eigenvalue weighted by Gasteiger charge is 2.40. The fraction of sp³-hybridized carbons (Fsp3) is 0.625. The third kappa shape index (κ3) is 3.00. The Hall–Kier alpha value is -0.910. The van der Waals surface area contributed by atoms with Crippen LogP contribution in [0.5, 0.6) is 0 Å². The Bertz CT molecular complexity index is 584. The lowest BCUT2D eigenvalue weighted by Crippen LogP contribution is -2.52. The molecule has 2 aliphatic heterocycles. The summed E-state index contributed by atoms with van der Waals surface area (Å²) in [7, 11) is -3.35. The predicted octanol–water partition coefficient (Wildman–Crippen LogP) is 2.15. The van der Waals surface area contributed by atoms with Crippen molar-refractivity contribution in [2.24, 2.45) is 5.41 Å². The summed E-state index contributed by atoms with van der Waals surface area (Å²) in [5, 5.41) is 3.44. The molecule has 4 nitrogen and oxygen atoms in total. The molecule has 1 unspecified atom stereocenters. The van der Waals surface area contributed by atoms with E-state index in [4.69, 9.17) is 0 Å². The molecule has 0 radical (unpaired) electrons. The molecule has 1 spiro atoms. The minimum absolute atomic E-state index is 0.147. The van der Waals surface area contributed by atoms with E-state index in [2.05, 4.69) is 5.32 Å². The van der Waals surface area contributed by atoms with Gasteiger partial charge in [0.2, 0.25) is 10.0 Å². The standard InChI is InChI=1S/C16H24N2O2S/c1-14-4-6-15(7-5-14)21(19,20)18-11-3-9-16(13-18)8-2-10-17-12-16/h4-7,17H,2-3,8-13H2,1H3. The lowest BCUT2D eigenvalue weighted by Gasteiger charge is -2.44. The molecule has 116 valence electrons. The minimum atomic E-state index is -3.35. The maximum absolute atomic E-state index is 12.8. The SMILES string of the molecule is Cc1ccc(S(=O)(=O)N2CCCC3(CCCNC3)C2)cc1. The summed E-state index contributed by atoms with van der Waals surface area (Å²) in [4.78, 5) is 0.425. The van der Waals surface area contributed by atoms with Crippen molar-refractivity contribution in [2.75, 3.05) is 26.2 Å². The van der Waals surface area contributed by atoms with Gasteiger partial charge in [-0.1, -0.05) is 17.7 Å². The normalized spacial score (nSPS) is 27.9. The largest absolute Gasteiger partial charge is 0.316 e. The molecule has 2 heterocycles. The van der Waals surface area contributed by atoms with Crippen molar-refractivity contribution in [3.63, 3.8) is 0 Å². The lowest BCUT2D eigenvalue weighted by molar-refractivity contribution is 0.110. The van der Waals surface area contributed by atoms with E-state index in [1.54, 1.807) is 16.4 Å². The Balaban J connectivity index is 1.83. The highest BCUT2D eigenvalue weighted by molar-refractivity contribution is 7.89. The third-order valence-corrected chi connectivity index (χ3v) is 6.71. The summed E-state index contributed by atoms with van der Waals surface area (Å²) >= 11 is 0. The van der Waals surface area contributed by atoms with E-state index >= 15 is 0 Å². The summed E-state index contributed by atoms with van der Waals surface area (Å²) in [6.45, 7) is 5.30. The first kappa shape index (κ1) is 15.0. The molecule has 0 bridgehead atoms. The van der Waals surface area contributed by atoms with Gasteiger partial charge in [-0.2, -0.15) is 4.31 Å². The van der Waals surface area contributed by atoms with E-state index in [1.165, 1.54) is 0 Å². The zero-order chi connectivity index (χ0) is 14.9. The van der Waals surface area contributed by atoms with Gasteiger partial charge in [-0.05, 0) is 56.7 Å². The molecule has 21 heavy (non-hydrogen) atoms. The van der Waals surface area contributed by atoms with Crippen LogP contribution in [0.4, 0.5) is 0 Å². The van der Waals surface area contributed by atoms with Crippen molar-refractivity contribution >= 4 is 10.0 Å². The first-order valence-corrected chi connectivity index (χ1v) is 9.24. The average molecular weight is 308 g/mol. The Kier molecular flexibility index (Phi) is 4.08. The van der Waals surface area contributed by atoms with Crippen molar-refractivity contribution in [3.8, 4) is 0 Å². The monoisotopic (exact) mass is 308 g/mol. The Morgan fingerprint density at radius 2 is 1.86 bits per heavy atom. The van der Waals surface area contributed by atoms with Crippen LogP contribution in [-0.2, 0) is 10.0 Å². The molecule has 3 rings (SSSR count). The van der Waals surface area contributed by atoms with E-state index < -0.39 is 10.0 Å². The second kappa shape index (κ2) is 5.71. The van der Waals surface area contributed by atoms with Crippen LogP contribution in [-0.4, -0.2) is 38.9 Å². The van der Waals surface area contributed by atoms with Gasteiger partial charge in [-0.3, -0.25) is 0 Å². The lowest BCUT2D eigenvalue weighted by atomic mass is 9.75. The summed E-state index contributed by atoms with van der Waals surface area (Å²) < 4.78 is 27.4. The van der Waals surface area contributed by atoms with Crippen molar-refractivity contribution < 1.29 is 8.42 Å². The molecule has 1 aromatic carbocycles. The molecule has 0 amide bonds.